The van der Waals surface area contributed by atoms with Crippen LogP contribution in [0.15, 0.2) is 97.1 Å². The van der Waals surface area contributed by atoms with Gasteiger partial charge >= 0.3 is 14.7 Å². The molecule has 67 heavy (non-hydrogen) atoms. The lowest BCUT2D eigenvalue weighted by Gasteiger charge is -2.27. The molecule has 1 aromatic heterocycles. The third-order valence-corrected chi connectivity index (χ3v) is 14.5. The number of alkyl halides is 2. The maximum absolute atomic E-state index is 14.6. The van der Waals surface area contributed by atoms with Gasteiger partial charge in [-0.2, -0.15) is 0 Å². The first-order valence-electron chi connectivity index (χ1n) is 21.8. The predicted octanol–water partition coefficient (Wildman–Crippen LogP) is 9.25. The van der Waals surface area contributed by atoms with Crippen molar-refractivity contribution in [1.29, 1.82) is 0 Å². The maximum Gasteiger partial charge on any atom is 0.415 e. The summed E-state index contributed by atoms with van der Waals surface area (Å²) in [5, 5.41) is 6.14. The predicted molar refractivity (Wildman–Crippen MR) is 267 cm³/mol. The summed E-state index contributed by atoms with van der Waals surface area (Å²) in [4.78, 5) is 70.6. The van der Waals surface area contributed by atoms with Crippen molar-refractivity contribution < 1.29 is 42.9 Å². The minimum absolute atomic E-state index is 0.202. The fourth-order valence-corrected chi connectivity index (χ4v) is 10.7. The number of hydrogen-bond acceptors (Lipinski definition) is 12. The zero-order valence-corrected chi connectivity index (χ0v) is 40.5. The minimum atomic E-state index is -2.73. The number of benzene rings is 5. The number of methoxy groups -OCH3 is 2. The molecule has 352 valence electrons. The van der Waals surface area contributed by atoms with Crippen LogP contribution in [0.3, 0.4) is 0 Å². The van der Waals surface area contributed by atoms with Crippen molar-refractivity contribution in [3.8, 4) is 11.5 Å². The number of nitrogens with one attached hydrogen (secondary N) is 1. The number of carbonyl (C=O) groups excluding carboxylic acids is 3. The molecular weight excluding hydrogens is 937 g/mol. The number of amides is 3. The van der Waals surface area contributed by atoms with Crippen LogP contribution in [0.5, 0.6) is 11.5 Å². The fraction of sp³-hybridized carbons (Fsp3) is 0.327. The van der Waals surface area contributed by atoms with Gasteiger partial charge in [0.05, 0.1) is 34.3 Å². The van der Waals surface area contributed by atoms with Gasteiger partial charge in [0, 0.05) is 119 Å². The molecule has 18 heteroatoms. The molecule has 0 bridgehead atoms. The number of ether oxygens (including phenoxy) is 3. The summed E-state index contributed by atoms with van der Waals surface area (Å²) in [6.45, 7) is 3.89. The van der Waals surface area contributed by atoms with Gasteiger partial charge in [-0.25, -0.2) is 4.79 Å². The molecule has 3 amide bonds. The lowest BCUT2D eigenvalue weighted by Crippen LogP contribution is -2.42. The number of halogens is 2. The van der Waals surface area contributed by atoms with E-state index in [2.05, 4.69) is 22.3 Å². The van der Waals surface area contributed by atoms with Crippen LogP contribution in [-0.4, -0.2) is 123 Å². The van der Waals surface area contributed by atoms with Crippen molar-refractivity contribution in [3.05, 3.63) is 124 Å². The number of hydrogen-bond donors (Lipinski definition) is 3. The highest BCUT2D eigenvalue weighted by molar-refractivity contribution is 7.39. The van der Waals surface area contributed by atoms with Gasteiger partial charge in [0.15, 0.2) is 0 Å². The largest absolute Gasteiger partial charge is 0.426 e. The van der Waals surface area contributed by atoms with Gasteiger partial charge < -0.3 is 48.5 Å². The van der Waals surface area contributed by atoms with Crippen LogP contribution in [-0.2, 0) is 16.0 Å². The highest BCUT2D eigenvalue weighted by Crippen LogP contribution is 2.49. The van der Waals surface area contributed by atoms with Crippen molar-refractivity contribution in [2.24, 2.45) is 0 Å². The Balaban J connectivity index is 1.05. The number of thiophene rings is 1. The summed E-state index contributed by atoms with van der Waals surface area (Å²) in [6, 6.07) is 29.9. The molecule has 0 radical (unpaired) electrons. The highest BCUT2D eigenvalue weighted by Gasteiger charge is 2.38. The maximum atomic E-state index is 14.6. The molecule has 0 spiro atoms. The average Bonchev–Trinajstić information content (AvgIpc) is 4.09. The van der Waals surface area contributed by atoms with E-state index in [9.17, 15) is 24.2 Å². The minimum Gasteiger partial charge on any atom is -0.426 e. The third kappa shape index (κ3) is 10.4. The third-order valence-electron chi connectivity index (χ3n) is 12.3. The summed E-state index contributed by atoms with van der Waals surface area (Å²) >= 11 is 14.2. The van der Waals surface area contributed by atoms with Gasteiger partial charge in [0.1, 0.15) is 11.5 Å². The Hall–Kier alpha value is -5.06. The second kappa shape index (κ2) is 21.9. The van der Waals surface area contributed by atoms with E-state index in [1.807, 2.05) is 67.7 Å². The van der Waals surface area contributed by atoms with E-state index in [4.69, 9.17) is 41.9 Å². The first-order chi connectivity index (χ1) is 32.6. The Morgan fingerprint density at radius 1 is 0.716 bits per heavy atom. The van der Waals surface area contributed by atoms with Crippen LogP contribution in [0.2, 0.25) is 0 Å². The number of fused-ring (bicyclic) bond motifs is 6. The van der Waals surface area contributed by atoms with Gasteiger partial charge in [0.25, 0.3) is 11.8 Å². The zero-order valence-electron chi connectivity index (χ0n) is 37.3. The van der Waals surface area contributed by atoms with E-state index in [1.54, 1.807) is 53.2 Å². The van der Waals surface area contributed by atoms with Crippen molar-refractivity contribution in [2.75, 3.05) is 101 Å². The van der Waals surface area contributed by atoms with Crippen LogP contribution in [0.1, 0.15) is 47.9 Å². The molecule has 6 aromatic rings. The molecule has 3 N–H and O–H groups in total. The van der Waals surface area contributed by atoms with Crippen molar-refractivity contribution >= 4 is 99.7 Å². The molecule has 0 saturated heterocycles. The molecule has 14 nitrogen and oxygen atoms in total. The summed E-state index contributed by atoms with van der Waals surface area (Å²) in [5.74, 6) is -0.0751. The molecular formula is C49H52Cl2N5O9PS. The first kappa shape index (κ1) is 48.4. The normalized spacial score (nSPS) is 15.4. The summed E-state index contributed by atoms with van der Waals surface area (Å²) in [5.41, 5.74) is 5.01. The van der Waals surface area contributed by atoms with Crippen LogP contribution in [0, 0.1) is 0 Å². The van der Waals surface area contributed by atoms with E-state index in [-0.39, 0.29) is 54.2 Å². The Morgan fingerprint density at radius 3 is 1.76 bits per heavy atom. The SMILES string of the molecule is CNc1ccc(CN(CCOC)CCN(CCOC)C(=O)Oc2cc3c(c4ccccc24)C(CCl)CN3C(=O)c2ccc(C(=O)N3CC(CCl)c4c3cc(OP(O)O)c3ccccc43)s2)cc1. The van der Waals surface area contributed by atoms with Gasteiger partial charge in [-0.1, -0.05) is 60.7 Å². The lowest BCUT2D eigenvalue weighted by molar-refractivity contribution is 0.0985. The van der Waals surface area contributed by atoms with Gasteiger partial charge in [-0.15, -0.1) is 34.5 Å². The Labute approximate surface area is 404 Å². The number of nitrogens with zero attached hydrogens (tertiary/aromatic N) is 4. The van der Waals surface area contributed by atoms with Gasteiger partial charge in [-0.05, 0) is 51.7 Å². The molecule has 0 aliphatic carbocycles. The Morgan fingerprint density at radius 2 is 1.24 bits per heavy atom. The molecule has 2 unspecified atom stereocenters. The molecule has 8 rings (SSSR count). The molecule has 2 atom stereocenters. The molecule has 5 aromatic carbocycles. The van der Waals surface area contributed by atoms with E-state index >= 15 is 0 Å². The van der Waals surface area contributed by atoms with Gasteiger partial charge in [0.2, 0.25) is 0 Å². The number of anilines is 3. The van der Waals surface area contributed by atoms with Gasteiger partial charge in [-0.3, -0.25) is 14.5 Å². The van der Waals surface area contributed by atoms with E-state index in [1.165, 1.54) is 0 Å². The first-order valence-corrected chi connectivity index (χ1v) is 24.9. The van der Waals surface area contributed by atoms with E-state index in [0.29, 0.717) is 83.6 Å². The van der Waals surface area contributed by atoms with E-state index in [0.717, 1.165) is 44.5 Å². The van der Waals surface area contributed by atoms with Crippen LogP contribution >= 0.6 is 43.1 Å². The van der Waals surface area contributed by atoms with Crippen molar-refractivity contribution in [3.63, 3.8) is 0 Å². The van der Waals surface area contributed by atoms with Crippen LogP contribution < -0.4 is 24.4 Å². The monoisotopic (exact) mass is 987 g/mol. The Bertz CT molecular complexity index is 2740. The molecule has 2 aliphatic heterocycles. The fourth-order valence-electron chi connectivity index (χ4n) is 8.99. The number of carbonyl (C=O) groups is 3. The highest BCUT2D eigenvalue weighted by atomic mass is 35.5. The van der Waals surface area contributed by atoms with Crippen molar-refractivity contribution in [2.45, 2.75) is 18.4 Å². The second-order valence-electron chi connectivity index (χ2n) is 16.3. The Kier molecular flexibility index (Phi) is 15.8. The summed E-state index contributed by atoms with van der Waals surface area (Å²) in [6.07, 6.45) is -0.557. The van der Waals surface area contributed by atoms with Crippen LogP contribution in [0.4, 0.5) is 21.9 Å². The molecule has 0 saturated carbocycles. The molecule has 0 fully saturated rings. The average molecular weight is 989 g/mol. The zero-order chi connectivity index (χ0) is 47.2. The standard InChI is InChI=1S/C49H52Cl2N5O9PS/c1-52-34-14-12-31(13-15-34)28-53(20-22-62-2)18-19-54(21-23-63-3)49(59)64-41-24-39-45(37-10-6-4-8-35(37)41)32(26-50)29-55(39)47(57)43-16-17-44(67-43)48(58)56-30-33(27-51)46-38-11-7-5-9-36(38)42(25-40(46)56)65-66(60)61/h4-17,24-25,32-33,52,60-61H,18-23,26-30H2,1-3H3. The van der Waals surface area contributed by atoms with E-state index < -0.39 is 14.7 Å². The van der Waals surface area contributed by atoms with Crippen LogP contribution in [0.25, 0.3) is 21.5 Å². The quantitative estimate of drug-likeness (QED) is 0.0526. The smallest absolute Gasteiger partial charge is 0.415 e. The molecule has 2 aliphatic rings. The second-order valence-corrected chi connectivity index (χ2v) is 18.7. The van der Waals surface area contributed by atoms with Crippen molar-refractivity contribution in [1.82, 2.24) is 9.80 Å². The number of rotatable bonds is 19. The lowest BCUT2D eigenvalue weighted by atomic mass is 9.95. The topological polar surface area (TPSA) is 154 Å². The summed E-state index contributed by atoms with van der Waals surface area (Å²) in [7, 11) is 2.41. The summed E-state index contributed by atoms with van der Waals surface area (Å²) < 4.78 is 22.5. The molecule has 3 heterocycles.